The lowest BCUT2D eigenvalue weighted by Crippen LogP contribution is -2.05. The number of methoxy groups -OCH3 is 1. The van der Waals surface area contributed by atoms with Crippen molar-refractivity contribution in [3.63, 3.8) is 0 Å². The van der Waals surface area contributed by atoms with Crippen LogP contribution in [0.2, 0.25) is 0 Å². The minimum absolute atomic E-state index is 0.177. The molecule has 0 atom stereocenters. The molecule has 0 saturated carbocycles. The van der Waals surface area contributed by atoms with E-state index >= 15 is 0 Å². The topological polar surface area (TPSA) is 44.8 Å². The zero-order valence-corrected chi connectivity index (χ0v) is 12.9. The molecule has 2 rings (SSSR count). The number of esters is 1. The van der Waals surface area contributed by atoms with Crippen molar-refractivity contribution >= 4 is 5.97 Å². The van der Waals surface area contributed by atoms with Crippen molar-refractivity contribution in [3.8, 4) is 17.2 Å². The Bertz CT molecular complexity index is 605. The van der Waals surface area contributed by atoms with Gasteiger partial charge >= 0.3 is 5.97 Å². The fourth-order valence-corrected chi connectivity index (χ4v) is 2.02. The zero-order valence-electron chi connectivity index (χ0n) is 12.9. The molecule has 0 radical (unpaired) electrons. The molecular formula is C18H20O4. The van der Waals surface area contributed by atoms with Gasteiger partial charge < -0.3 is 14.2 Å². The Labute approximate surface area is 130 Å². The second kappa shape index (κ2) is 8.08. The Morgan fingerprint density at radius 2 is 1.73 bits per heavy atom. The van der Waals surface area contributed by atoms with Gasteiger partial charge in [-0.1, -0.05) is 12.1 Å². The van der Waals surface area contributed by atoms with Crippen molar-refractivity contribution in [2.45, 2.75) is 19.8 Å². The van der Waals surface area contributed by atoms with Crippen molar-refractivity contribution in [1.82, 2.24) is 0 Å². The Morgan fingerprint density at radius 1 is 1.00 bits per heavy atom. The summed E-state index contributed by atoms with van der Waals surface area (Å²) in [7, 11) is 1.63. The third kappa shape index (κ3) is 4.81. The van der Waals surface area contributed by atoms with Gasteiger partial charge in [-0.3, -0.25) is 4.79 Å². The summed E-state index contributed by atoms with van der Waals surface area (Å²) < 4.78 is 15.8. The van der Waals surface area contributed by atoms with Gasteiger partial charge in [0.15, 0.2) is 0 Å². The number of carbonyl (C=O) groups excluding carboxylic acids is 1. The number of hydrogen-bond donors (Lipinski definition) is 0. The Kier molecular flexibility index (Phi) is 5.83. The van der Waals surface area contributed by atoms with Crippen molar-refractivity contribution in [3.05, 3.63) is 54.1 Å². The second-order valence-corrected chi connectivity index (χ2v) is 4.73. The summed E-state index contributed by atoms with van der Waals surface area (Å²) in [6, 6.07) is 15.1. The molecule has 22 heavy (non-hydrogen) atoms. The van der Waals surface area contributed by atoms with E-state index in [2.05, 4.69) is 0 Å². The lowest BCUT2D eigenvalue weighted by Gasteiger charge is -2.08. The highest BCUT2D eigenvalue weighted by Crippen LogP contribution is 2.24. The van der Waals surface area contributed by atoms with Crippen LogP contribution in [0.25, 0.3) is 0 Å². The molecule has 0 unspecified atom stereocenters. The van der Waals surface area contributed by atoms with E-state index in [4.69, 9.17) is 14.2 Å². The van der Waals surface area contributed by atoms with Gasteiger partial charge in [-0.25, -0.2) is 0 Å². The maximum atomic E-state index is 11.4. The van der Waals surface area contributed by atoms with Crippen molar-refractivity contribution in [2.24, 2.45) is 0 Å². The molecule has 0 aliphatic rings. The Hall–Kier alpha value is -2.49. The summed E-state index contributed by atoms with van der Waals surface area (Å²) >= 11 is 0. The molecule has 4 nitrogen and oxygen atoms in total. The van der Waals surface area contributed by atoms with E-state index in [1.54, 1.807) is 14.0 Å². The summed E-state index contributed by atoms with van der Waals surface area (Å²) in [5.41, 5.74) is 1.04. The molecule has 0 N–H and O–H groups in total. The largest absolute Gasteiger partial charge is 0.497 e. The standard InChI is InChI=1S/C18H20O4/c1-3-21-18(19)12-7-14-5-4-6-17(13-14)22-16-10-8-15(20-2)9-11-16/h4-6,8-11,13H,3,7,12H2,1-2H3. The van der Waals surface area contributed by atoms with E-state index < -0.39 is 0 Å². The number of benzene rings is 2. The van der Waals surface area contributed by atoms with Gasteiger partial charge in [0.05, 0.1) is 13.7 Å². The average Bonchev–Trinajstić information content (AvgIpc) is 2.54. The van der Waals surface area contributed by atoms with Gasteiger partial charge in [0.25, 0.3) is 0 Å². The van der Waals surface area contributed by atoms with Crippen LogP contribution < -0.4 is 9.47 Å². The quantitative estimate of drug-likeness (QED) is 0.725. The molecule has 0 heterocycles. The minimum atomic E-state index is -0.177. The van der Waals surface area contributed by atoms with Crippen LogP contribution in [-0.2, 0) is 16.0 Å². The van der Waals surface area contributed by atoms with Crippen LogP contribution >= 0.6 is 0 Å². The van der Waals surface area contributed by atoms with Crippen molar-refractivity contribution in [1.29, 1.82) is 0 Å². The van der Waals surface area contributed by atoms with Crippen LogP contribution in [-0.4, -0.2) is 19.7 Å². The molecule has 0 saturated heterocycles. The van der Waals surface area contributed by atoms with Gasteiger partial charge in [-0.15, -0.1) is 0 Å². The number of hydrogen-bond acceptors (Lipinski definition) is 4. The predicted octanol–water partition coefficient (Wildman–Crippen LogP) is 3.98. The molecule has 116 valence electrons. The average molecular weight is 300 g/mol. The first-order chi connectivity index (χ1) is 10.7. The molecule has 4 heteroatoms. The first-order valence-electron chi connectivity index (χ1n) is 7.27. The number of aryl methyl sites for hydroxylation is 1. The van der Waals surface area contributed by atoms with Gasteiger partial charge in [0.1, 0.15) is 17.2 Å². The SMILES string of the molecule is CCOC(=O)CCc1cccc(Oc2ccc(OC)cc2)c1. The highest BCUT2D eigenvalue weighted by Gasteiger charge is 2.04. The fourth-order valence-electron chi connectivity index (χ4n) is 2.02. The summed E-state index contributed by atoms with van der Waals surface area (Å²) in [4.78, 5) is 11.4. The van der Waals surface area contributed by atoms with Crippen LogP contribution in [0.15, 0.2) is 48.5 Å². The van der Waals surface area contributed by atoms with Gasteiger partial charge in [0, 0.05) is 6.42 Å². The molecule has 0 fully saturated rings. The Morgan fingerprint density at radius 3 is 2.41 bits per heavy atom. The minimum Gasteiger partial charge on any atom is -0.497 e. The molecule has 0 bridgehead atoms. The van der Waals surface area contributed by atoms with E-state index in [1.165, 1.54) is 0 Å². The molecule has 0 amide bonds. The van der Waals surface area contributed by atoms with Gasteiger partial charge in [-0.2, -0.15) is 0 Å². The number of carbonyl (C=O) groups is 1. The molecule has 2 aromatic carbocycles. The van der Waals surface area contributed by atoms with E-state index in [9.17, 15) is 4.79 Å². The maximum absolute atomic E-state index is 11.4. The molecule has 2 aromatic rings. The van der Waals surface area contributed by atoms with Gasteiger partial charge in [0.2, 0.25) is 0 Å². The van der Waals surface area contributed by atoms with Crippen LogP contribution in [0.3, 0.4) is 0 Å². The molecule has 0 aliphatic heterocycles. The molecule has 0 aromatic heterocycles. The summed E-state index contributed by atoms with van der Waals surface area (Å²) in [6.07, 6.45) is 1.01. The highest BCUT2D eigenvalue weighted by molar-refractivity contribution is 5.69. The highest BCUT2D eigenvalue weighted by atomic mass is 16.5. The van der Waals surface area contributed by atoms with E-state index in [0.29, 0.717) is 19.4 Å². The fraction of sp³-hybridized carbons (Fsp3) is 0.278. The molecular weight excluding hydrogens is 280 g/mol. The van der Waals surface area contributed by atoms with E-state index in [0.717, 1.165) is 22.8 Å². The third-order valence-electron chi connectivity index (χ3n) is 3.12. The number of ether oxygens (including phenoxy) is 3. The van der Waals surface area contributed by atoms with Crippen molar-refractivity contribution in [2.75, 3.05) is 13.7 Å². The van der Waals surface area contributed by atoms with Crippen LogP contribution in [0.4, 0.5) is 0 Å². The van der Waals surface area contributed by atoms with E-state index in [1.807, 2.05) is 48.5 Å². The van der Waals surface area contributed by atoms with Gasteiger partial charge in [-0.05, 0) is 55.3 Å². The predicted molar refractivity (Wildman–Crippen MR) is 84.5 cm³/mol. The Balaban J connectivity index is 1.96. The lowest BCUT2D eigenvalue weighted by atomic mass is 10.1. The van der Waals surface area contributed by atoms with Crippen LogP contribution in [0.5, 0.6) is 17.2 Å². The summed E-state index contributed by atoms with van der Waals surface area (Å²) in [5.74, 6) is 2.09. The lowest BCUT2D eigenvalue weighted by molar-refractivity contribution is -0.143. The molecule has 0 spiro atoms. The van der Waals surface area contributed by atoms with Crippen LogP contribution in [0, 0.1) is 0 Å². The number of rotatable bonds is 7. The zero-order chi connectivity index (χ0) is 15.8. The third-order valence-corrected chi connectivity index (χ3v) is 3.12. The maximum Gasteiger partial charge on any atom is 0.306 e. The normalized spacial score (nSPS) is 10.1. The first-order valence-corrected chi connectivity index (χ1v) is 7.27. The van der Waals surface area contributed by atoms with E-state index in [-0.39, 0.29) is 5.97 Å². The monoisotopic (exact) mass is 300 g/mol. The van der Waals surface area contributed by atoms with Crippen molar-refractivity contribution < 1.29 is 19.0 Å². The first kappa shape index (κ1) is 15.9. The molecule has 0 aliphatic carbocycles. The smallest absolute Gasteiger partial charge is 0.306 e. The van der Waals surface area contributed by atoms with Crippen LogP contribution in [0.1, 0.15) is 18.9 Å². The second-order valence-electron chi connectivity index (χ2n) is 4.73. The summed E-state index contributed by atoms with van der Waals surface area (Å²) in [6.45, 7) is 2.22. The summed E-state index contributed by atoms with van der Waals surface area (Å²) in [5, 5.41) is 0.